The highest BCUT2D eigenvalue weighted by Gasteiger charge is 2.20. The van der Waals surface area contributed by atoms with Crippen molar-refractivity contribution >= 4 is 23.6 Å². The summed E-state index contributed by atoms with van der Waals surface area (Å²) in [5.41, 5.74) is 0.978. The second-order valence-corrected chi connectivity index (χ2v) is 6.32. The summed E-state index contributed by atoms with van der Waals surface area (Å²) in [7, 11) is 0. The van der Waals surface area contributed by atoms with Crippen LogP contribution in [0.25, 0.3) is 0 Å². The minimum atomic E-state index is -0.974. The number of pyridine rings is 1. The predicted octanol–water partition coefficient (Wildman–Crippen LogP) is 2.32. The summed E-state index contributed by atoms with van der Waals surface area (Å²) < 4.78 is 0. The monoisotopic (exact) mass is 310 g/mol. The van der Waals surface area contributed by atoms with Crippen molar-refractivity contribution in [2.24, 2.45) is 5.92 Å². The molecule has 21 heavy (non-hydrogen) atoms. The molecule has 0 unspecified atom stereocenters. The molecule has 1 aromatic heterocycles. The summed E-state index contributed by atoms with van der Waals surface area (Å²) in [4.78, 5) is 27.0. The maximum Gasteiger partial charge on any atom is 0.326 e. The molecule has 1 aromatic rings. The molecule has 0 aliphatic rings. The first-order chi connectivity index (χ1) is 9.99. The Bertz CT molecular complexity index is 451. The lowest BCUT2D eigenvalue weighted by Crippen LogP contribution is -2.41. The van der Waals surface area contributed by atoms with Crippen molar-refractivity contribution in [3.05, 3.63) is 30.1 Å². The number of aliphatic carboxylic acids is 1. The van der Waals surface area contributed by atoms with Crippen molar-refractivity contribution < 1.29 is 14.7 Å². The van der Waals surface area contributed by atoms with E-state index in [1.54, 1.807) is 18.0 Å². The minimum absolute atomic E-state index is 0.212. The Morgan fingerprint density at radius 1 is 1.38 bits per heavy atom. The molecule has 1 amide bonds. The maximum absolute atomic E-state index is 11.7. The van der Waals surface area contributed by atoms with Gasteiger partial charge in [0, 0.05) is 24.1 Å². The molecule has 5 nitrogen and oxygen atoms in total. The van der Waals surface area contributed by atoms with Crippen LogP contribution >= 0.6 is 11.8 Å². The third kappa shape index (κ3) is 7.70. The number of nitrogens with one attached hydrogen (secondary N) is 1. The number of carboxylic acid groups (broad SMARTS) is 1. The van der Waals surface area contributed by atoms with Crippen LogP contribution in [0, 0.1) is 5.92 Å². The zero-order chi connectivity index (χ0) is 15.7. The molecule has 1 heterocycles. The van der Waals surface area contributed by atoms with E-state index < -0.39 is 12.0 Å². The number of amides is 1. The molecule has 0 aromatic carbocycles. The number of rotatable bonds is 9. The smallest absolute Gasteiger partial charge is 0.326 e. The lowest BCUT2D eigenvalue weighted by atomic mass is 10.0. The lowest BCUT2D eigenvalue weighted by molar-refractivity contribution is -0.142. The van der Waals surface area contributed by atoms with Crippen molar-refractivity contribution in [2.75, 3.05) is 5.75 Å². The Labute approximate surface area is 129 Å². The van der Waals surface area contributed by atoms with Crippen LogP contribution in [0.1, 0.15) is 32.4 Å². The highest BCUT2D eigenvalue weighted by molar-refractivity contribution is 7.98. The molecule has 116 valence electrons. The topological polar surface area (TPSA) is 79.3 Å². The predicted molar refractivity (Wildman–Crippen MR) is 84.0 cm³/mol. The van der Waals surface area contributed by atoms with Gasteiger partial charge in [-0.1, -0.05) is 19.9 Å². The van der Waals surface area contributed by atoms with Gasteiger partial charge in [0.2, 0.25) is 5.91 Å². The number of carbonyl (C=O) groups excluding carboxylic acids is 1. The van der Waals surface area contributed by atoms with Crippen LogP contribution in [0.15, 0.2) is 24.4 Å². The fourth-order valence-corrected chi connectivity index (χ4v) is 2.64. The minimum Gasteiger partial charge on any atom is -0.480 e. The van der Waals surface area contributed by atoms with Gasteiger partial charge in [0.1, 0.15) is 6.04 Å². The van der Waals surface area contributed by atoms with Gasteiger partial charge in [0.15, 0.2) is 0 Å². The molecule has 1 atom stereocenters. The van der Waals surface area contributed by atoms with E-state index in [0.29, 0.717) is 18.6 Å². The summed E-state index contributed by atoms with van der Waals surface area (Å²) in [6.45, 7) is 3.87. The Morgan fingerprint density at radius 2 is 2.14 bits per heavy atom. The molecule has 0 bridgehead atoms. The Kier molecular flexibility index (Phi) is 7.82. The molecular formula is C15H22N2O3S. The first-order valence-corrected chi connectivity index (χ1v) is 8.14. The van der Waals surface area contributed by atoms with Crippen LogP contribution < -0.4 is 5.32 Å². The number of carbonyl (C=O) groups is 2. The SMILES string of the molecule is CC(C)C[C@H](NC(=O)CCSCc1ccccn1)C(=O)O. The van der Waals surface area contributed by atoms with Gasteiger partial charge >= 0.3 is 5.97 Å². The number of thioether (sulfide) groups is 1. The molecule has 0 aliphatic carbocycles. The quantitative estimate of drug-likeness (QED) is 0.684. The van der Waals surface area contributed by atoms with Crippen LogP contribution in [-0.4, -0.2) is 33.8 Å². The van der Waals surface area contributed by atoms with Gasteiger partial charge in [-0.2, -0.15) is 11.8 Å². The normalized spacial score (nSPS) is 12.1. The van der Waals surface area contributed by atoms with Gasteiger partial charge in [0.05, 0.1) is 5.69 Å². The van der Waals surface area contributed by atoms with Crippen LogP contribution in [0.4, 0.5) is 0 Å². The van der Waals surface area contributed by atoms with E-state index >= 15 is 0 Å². The molecule has 2 N–H and O–H groups in total. The maximum atomic E-state index is 11.7. The van der Waals surface area contributed by atoms with E-state index in [-0.39, 0.29) is 11.8 Å². The lowest BCUT2D eigenvalue weighted by Gasteiger charge is -2.16. The molecule has 0 aliphatic heterocycles. The first-order valence-electron chi connectivity index (χ1n) is 6.99. The van der Waals surface area contributed by atoms with Gasteiger partial charge in [-0.3, -0.25) is 9.78 Å². The Morgan fingerprint density at radius 3 is 2.71 bits per heavy atom. The van der Waals surface area contributed by atoms with Crippen molar-refractivity contribution in [3.63, 3.8) is 0 Å². The fraction of sp³-hybridized carbons (Fsp3) is 0.533. The fourth-order valence-electron chi connectivity index (χ4n) is 1.78. The van der Waals surface area contributed by atoms with Gasteiger partial charge in [0.25, 0.3) is 0 Å². The third-order valence-electron chi connectivity index (χ3n) is 2.79. The van der Waals surface area contributed by atoms with E-state index in [4.69, 9.17) is 5.11 Å². The summed E-state index contributed by atoms with van der Waals surface area (Å²) in [5.74, 6) is 0.443. The molecule has 1 rings (SSSR count). The van der Waals surface area contributed by atoms with E-state index in [2.05, 4.69) is 10.3 Å². The van der Waals surface area contributed by atoms with E-state index in [1.165, 1.54) is 0 Å². The Hall–Kier alpha value is -1.56. The largest absolute Gasteiger partial charge is 0.480 e. The van der Waals surface area contributed by atoms with E-state index in [0.717, 1.165) is 11.4 Å². The van der Waals surface area contributed by atoms with Crippen LogP contribution in [0.5, 0.6) is 0 Å². The Balaban J connectivity index is 2.25. The van der Waals surface area contributed by atoms with Crippen molar-refractivity contribution in [3.8, 4) is 0 Å². The van der Waals surface area contributed by atoms with Gasteiger partial charge in [-0.25, -0.2) is 4.79 Å². The molecule has 0 radical (unpaired) electrons. The molecule has 0 saturated carbocycles. The van der Waals surface area contributed by atoms with Crippen LogP contribution in [0.2, 0.25) is 0 Å². The molecule has 0 saturated heterocycles. The first kappa shape index (κ1) is 17.5. The zero-order valence-electron chi connectivity index (χ0n) is 12.4. The van der Waals surface area contributed by atoms with Crippen molar-refractivity contribution in [2.45, 2.75) is 38.5 Å². The standard InChI is InChI=1S/C15H22N2O3S/c1-11(2)9-13(15(19)20)17-14(18)6-8-21-10-12-5-3-4-7-16-12/h3-5,7,11,13H,6,8-10H2,1-2H3,(H,17,18)(H,19,20)/t13-/m0/s1. The average Bonchev–Trinajstić information content (AvgIpc) is 2.43. The number of nitrogens with zero attached hydrogens (tertiary/aromatic N) is 1. The number of aromatic nitrogens is 1. The van der Waals surface area contributed by atoms with E-state index in [9.17, 15) is 9.59 Å². The highest BCUT2D eigenvalue weighted by atomic mass is 32.2. The number of carboxylic acids is 1. The van der Waals surface area contributed by atoms with Crippen molar-refractivity contribution in [1.82, 2.24) is 10.3 Å². The second kappa shape index (κ2) is 9.39. The molecule has 0 spiro atoms. The summed E-state index contributed by atoms with van der Waals surface area (Å²) in [6.07, 6.45) is 2.51. The van der Waals surface area contributed by atoms with Gasteiger partial charge in [-0.15, -0.1) is 0 Å². The highest BCUT2D eigenvalue weighted by Crippen LogP contribution is 2.11. The summed E-state index contributed by atoms with van der Waals surface area (Å²) in [6, 6.07) is 4.94. The summed E-state index contributed by atoms with van der Waals surface area (Å²) in [5, 5.41) is 11.6. The molecule has 0 fully saturated rings. The summed E-state index contributed by atoms with van der Waals surface area (Å²) >= 11 is 1.61. The van der Waals surface area contributed by atoms with Crippen molar-refractivity contribution in [1.29, 1.82) is 0 Å². The third-order valence-corrected chi connectivity index (χ3v) is 3.78. The zero-order valence-corrected chi connectivity index (χ0v) is 13.2. The molecular weight excluding hydrogens is 288 g/mol. The van der Waals surface area contributed by atoms with Crippen LogP contribution in [0.3, 0.4) is 0 Å². The van der Waals surface area contributed by atoms with E-state index in [1.807, 2.05) is 32.0 Å². The van der Waals surface area contributed by atoms with Gasteiger partial charge < -0.3 is 10.4 Å². The average molecular weight is 310 g/mol. The number of hydrogen-bond donors (Lipinski definition) is 2. The van der Waals surface area contributed by atoms with Gasteiger partial charge in [-0.05, 0) is 24.5 Å². The van der Waals surface area contributed by atoms with Crippen LogP contribution in [-0.2, 0) is 15.3 Å². The number of hydrogen-bond acceptors (Lipinski definition) is 4. The second-order valence-electron chi connectivity index (χ2n) is 5.21. The molecule has 6 heteroatoms.